The zero-order valence-corrected chi connectivity index (χ0v) is 16.5. The van der Waals surface area contributed by atoms with Crippen molar-refractivity contribution in [3.63, 3.8) is 0 Å². The van der Waals surface area contributed by atoms with Crippen molar-refractivity contribution >= 4 is 32.5 Å². The molecule has 0 spiro atoms. The second-order valence-corrected chi connectivity index (χ2v) is 9.91. The molecule has 0 bridgehead atoms. The maximum Gasteiger partial charge on any atom is 0.164 e. The van der Waals surface area contributed by atoms with Gasteiger partial charge in [0.25, 0.3) is 0 Å². The minimum absolute atomic E-state index is 0.0829. The number of sulfone groups is 1. The summed E-state index contributed by atoms with van der Waals surface area (Å²) < 4.78 is 29.8. The average Bonchev–Trinajstić information content (AvgIpc) is 3.14. The zero-order chi connectivity index (χ0) is 18.7. The van der Waals surface area contributed by atoms with Gasteiger partial charge in [-0.25, -0.2) is 8.42 Å². The number of ether oxygens (including phenoxy) is 1. The van der Waals surface area contributed by atoms with Crippen LogP contribution in [0.5, 0.6) is 5.75 Å². The third-order valence-corrected chi connectivity index (χ3v) is 7.43. The summed E-state index contributed by atoms with van der Waals surface area (Å²) in [6, 6.07) is 19.5. The van der Waals surface area contributed by atoms with E-state index in [1.54, 1.807) is 11.8 Å². The highest BCUT2D eigenvalue weighted by Gasteiger charge is 2.46. The number of thioether (sulfide) groups is 1. The van der Waals surface area contributed by atoms with Gasteiger partial charge in [-0.1, -0.05) is 48.2 Å². The molecule has 0 unspecified atom stereocenters. The van der Waals surface area contributed by atoms with Crippen LogP contribution < -0.4 is 9.64 Å². The number of hydrogen-bond donors (Lipinski definition) is 0. The van der Waals surface area contributed by atoms with E-state index in [-0.39, 0.29) is 23.6 Å². The lowest BCUT2D eigenvalue weighted by molar-refractivity contribution is 0.319. The molecule has 2 aliphatic rings. The van der Waals surface area contributed by atoms with E-state index in [0.717, 1.165) is 28.8 Å². The highest BCUT2D eigenvalue weighted by Crippen LogP contribution is 2.35. The molecule has 2 aromatic carbocycles. The molecule has 1 saturated heterocycles. The predicted molar refractivity (Wildman–Crippen MR) is 112 cm³/mol. The minimum atomic E-state index is -3.01. The van der Waals surface area contributed by atoms with Gasteiger partial charge in [0.15, 0.2) is 15.0 Å². The zero-order valence-electron chi connectivity index (χ0n) is 14.9. The van der Waals surface area contributed by atoms with E-state index in [1.165, 1.54) is 0 Å². The number of anilines is 1. The molecule has 2 heterocycles. The van der Waals surface area contributed by atoms with E-state index < -0.39 is 9.84 Å². The Hall–Kier alpha value is -1.99. The summed E-state index contributed by atoms with van der Waals surface area (Å²) >= 11 is 1.68. The van der Waals surface area contributed by atoms with Gasteiger partial charge < -0.3 is 9.64 Å². The molecule has 2 aromatic rings. The van der Waals surface area contributed by atoms with Crippen molar-refractivity contribution in [3.05, 3.63) is 60.7 Å². The molecule has 4 rings (SSSR count). The van der Waals surface area contributed by atoms with E-state index in [2.05, 4.69) is 4.90 Å². The van der Waals surface area contributed by atoms with Crippen LogP contribution in [0.1, 0.15) is 6.42 Å². The fourth-order valence-electron chi connectivity index (χ4n) is 3.45. The van der Waals surface area contributed by atoms with Crippen molar-refractivity contribution < 1.29 is 13.2 Å². The molecule has 7 heteroatoms. The molecule has 27 heavy (non-hydrogen) atoms. The molecule has 0 aliphatic carbocycles. The summed E-state index contributed by atoms with van der Waals surface area (Å²) in [6.07, 6.45) is 0.898. The van der Waals surface area contributed by atoms with Crippen LogP contribution in [-0.2, 0) is 9.84 Å². The second kappa shape index (κ2) is 7.94. The third kappa shape index (κ3) is 4.30. The number of aliphatic imine (C=N–C) groups is 1. The van der Waals surface area contributed by atoms with Crippen molar-refractivity contribution in [2.75, 3.05) is 28.8 Å². The Balaban J connectivity index is 1.38. The molecule has 0 N–H and O–H groups in total. The summed E-state index contributed by atoms with van der Waals surface area (Å²) in [6.45, 7) is 0.650. The predicted octanol–water partition coefficient (Wildman–Crippen LogP) is 3.23. The van der Waals surface area contributed by atoms with Crippen molar-refractivity contribution in [1.29, 1.82) is 0 Å². The first kappa shape index (κ1) is 18.4. The number of rotatable bonds is 6. The largest absolute Gasteiger partial charge is 0.494 e. The number of nitrogens with zero attached hydrogens (tertiary/aromatic N) is 2. The lowest BCUT2D eigenvalue weighted by Crippen LogP contribution is -2.39. The van der Waals surface area contributed by atoms with Crippen LogP contribution in [0.2, 0.25) is 0 Å². The van der Waals surface area contributed by atoms with Crippen molar-refractivity contribution in [3.8, 4) is 5.75 Å². The van der Waals surface area contributed by atoms with Crippen molar-refractivity contribution in [2.45, 2.75) is 18.5 Å². The Morgan fingerprint density at radius 2 is 1.74 bits per heavy atom. The van der Waals surface area contributed by atoms with Gasteiger partial charge >= 0.3 is 0 Å². The Bertz CT molecular complexity index is 901. The van der Waals surface area contributed by atoms with E-state index in [1.807, 2.05) is 60.7 Å². The lowest BCUT2D eigenvalue weighted by Gasteiger charge is -2.26. The second-order valence-electron chi connectivity index (χ2n) is 6.69. The van der Waals surface area contributed by atoms with Gasteiger partial charge in [-0.2, -0.15) is 0 Å². The molecule has 0 amide bonds. The molecule has 5 nitrogen and oxygen atoms in total. The molecule has 1 fully saturated rings. The maximum absolute atomic E-state index is 12.0. The van der Waals surface area contributed by atoms with Gasteiger partial charge in [-0.15, -0.1) is 0 Å². The van der Waals surface area contributed by atoms with Crippen molar-refractivity contribution in [1.82, 2.24) is 0 Å². The first-order chi connectivity index (χ1) is 13.1. The van der Waals surface area contributed by atoms with Crippen LogP contribution in [0.3, 0.4) is 0 Å². The number of para-hydroxylation sites is 2. The summed E-state index contributed by atoms with van der Waals surface area (Å²) in [5, 5.41) is 0.922. The Morgan fingerprint density at radius 1 is 1.04 bits per heavy atom. The van der Waals surface area contributed by atoms with Gasteiger partial charge in [0, 0.05) is 11.4 Å². The summed E-state index contributed by atoms with van der Waals surface area (Å²) in [5.74, 6) is 2.09. The van der Waals surface area contributed by atoms with Gasteiger partial charge in [0.1, 0.15) is 5.75 Å². The average molecular weight is 403 g/mol. The van der Waals surface area contributed by atoms with Gasteiger partial charge in [0.2, 0.25) is 0 Å². The fraction of sp³-hybridized carbons (Fsp3) is 0.350. The number of fused-ring (bicyclic) bond motifs is 1. The van der Waals surface area contributed by atoms with Crippen LogP contribution in [0.25, 0.3) is 0 Å². The van der Waals surface area contributed by atoms with Crippen LogP contribution >= 0.6 is 11.8 Å². The normalized spacial score (nSPS) is 23.1. The topological polar surface area (TPSA) is 59.0 Å². The molecular formula is C20H22N2O3S2. The molecule has 0 saturated carbocycles. The first-order valence-electron chi connectivity index (χ1n) is 9.05. The lowest BCUT2D eigenvalue weighted by atomic mass is 10.1. The summed E-state index contributed by atoms with van der Waals surface area (Å²) in [5.41, 5.74) is 1.01. The highest BCUT2D eigenvalue weighted by molar-refractivity contribution is 8.14. The van der Waals surface area contributed by atoms with Crippen molar-refractivity contribution in [2.24, 2.45) is 4.99 Å². The van der Waals surface area contributed by atoms with E-state index in [4.69, 9.17) is 9.73 Å². The van der Waals surface area contributed by atoms with Crippen LogP contribution in [0, 0.1) is 0 Å². The Kier molecular flexibility index (Phi) is 5.41. The van der Waals surface area contributed by atoms with Gasteiger partial charge in [-0.3, -0.25) is 4.99 Å². The molecule has 0 radical (unpaired) electrons. The van der Waals surface area contributed by atoms with Gasteiger partial charge in [-0.05, 0) is 30.7 Å². The monoisotopic (exact) mass is 402 g/mol. The van der Waals surface area contributed by atoms with Crippen LogP contribution in [0.15, 0.2) is 65.7 Å². The molecule has 2 aliphatic heterocycles. The third-order valence-electron chi connectivity index (χ3n) is 4.67. The van der Waals surface area contributed by atoms with Gasteiger partial charge in [0.05, 0.1) is 30.2 Å². The summed E-state index contributed by atoms with van der Waals surface area (Å²) in [4.78, 5) is 6.85. The van der Waals surface area contributed by atoms with E-state index in [9.17, 15) is 8.42 Å². The molecule has 0 aromatic heterocycles. The molecule has 2 atom stereocenters. The maximum atomic E-state index is 12.0. The minimum Gasteiger partial charge on any atom is -0.494 e. The number of hydrogen-bond acceptors (Lipinski definition) is 6. The van der Waals surface area contributed by atoms with E-state index in [0.29, 0.717) is 6.61 Å². The fourth-order valence-corrected chi connectivity index (χ4v) is 6.33. The summed E-state index contributed by atoms with van der Waals surface area (Å²) in [7, 11) is -3.01. The standard InChI is InChI=1S/C20H22N2O3S2/c23-27(24)14-18-19(15-27)22(16-8-3-1-4-9-16)20(21-18)26-13-7-12-25-17-10-5-2-6-11-17/h1-6,8-11,18-19H,7,12-15H2/t18-,19-/m1/s1. The van der Waals surface area contributed by atoms with Crippen LogP contribution in [0.4, 0.5) is 5.69 Å². The molecular weight excluding hydrogens is 380 g/mol. The first-order valence-corrected chi connectivity index (χ1v) is 11.9. The van der Waals surface area contributed by atoms with E-state index >= 15 is 0 Å². The highest BCUT2D eigenvalue weighted by atomic mass is 32.2. The number of amidine groups is 1. The number of benzene rings is 2. The Morgan fingerprint density at radius 3 is 2.48 bits per heavy atom. The van der Waals surface area contributed by atoms with Crippen LogP contribution in [-0.4, -0.2) is 49.5 Å². The smallest absolute Gasteiger partial charge is 0.164 e. The SMILES string of the molecule is O=S1(=O)C[C@@H]2[C@@H](C1)N=C(SCCCOc1ccccc1)N2c1ccccc1. The Labute approximate surface area is 164 Å². The molecule has 142 valence electrons. The quantitative estimate of drug-likeness (QED) is 0.695.